The number of hydrogen-bond acceptors (Lipinski definition) is 1. The van der Waals surface area contributed by atoms with E-state index in [1.165, 1.54) is 6.42 Å². The molecule has 1 aliphatic rings. The molecule has 0 aromatic carbocycles. The Labute approximate surface area is 74.0 Å². The van der Waals surface area contributed by atoms with Crippen molar-refractivity contribution < 1.29 is 3.98 Å². The van der Waals surface area contributed by atoms with Gasteiger partial charge in [0.1, 0.15) is 0 Å². The van der Waals surface area contributed by atoms with Crippen LogP contribution in [0.3, 0.4) is 0 Å². The molecule has 1 heterocycles. The summed E-state index contributed by atoms with van der Waals surface area (Å²) in [5.41, 5.74) is 0.718. The van der Waals surface area contributed by atoms with E-state index in [2.05, 4.69) is 44.1 Å². The molecule has 64 valence electrons. The Bertz CT molecular complexity index is 192. The van der Waals surface area contributed by atoms with Crippen LogP contribution < -0.4 is 0 Å². The van der Waals surface area contributed by atoms with Gasteiger partial charge in [0, 0.05) is 31.9 Å². The molecule has 0 aromatic rings. The molecule has 0 aliphatic carbocycles. The predicted molar refractivity (Wildman–Crippen MR) is 52.3 cm³/mol. The van der Waals surface area contributed by atoms with Crippen LogP contribution in [0.25, 0.3) is 0 Å². The summed E-state index contributed by atoms with van der Waals surface area (Å²) in [6.07, 6.45) is 5.73. The van der Waals surface area contributed by atoms with E-state index in [0.717, 1.165) is 0 Å². The average Bonchev–Trinajstić information content (AvgIpc) is 1.99. The molecule has 1 aliphatic heterocycles. The molecular formula is C9H18NS+. The molecule has 0 N–H and O–H groups in total. The van der Waals surface area contributed by atoms with Gasteiger partial charge in [-0.3, -0.25) is 0 Å². The first-order valence-corrected chi connectivity index (χ1v) is 5.25. The molecular weight excluding hydrogens is 154 g/mol. The van der Waals surface area contributed by atoms with Gasteiger partial charge in [0.2, 0.25) is 0 Å². The van der Waals surface area contributed by atoms with Gasteiger partial charge in [0.25, 0.3) is 0 Å². The van der Waals surface area contributed by atoms with Crippen molar-refractivity contribution in [3.63, 3.8) is 0 Å². The maximum absolute atomic E-state index is 2.37. The van der Waals surface area contributed by atoms with Crippen LogP contribution in [0.4, 0.5) is 0 Å². The van der Waals surface area contributed by atoms with E-state index in [0.29, 0.717) is 11.0 Å². The lowest BCUT2D eigenvalue weighted by atomic mass is 9.85. The van der Waals surface area contributed by atoms with Crippen LogP contribution >= 0.6 is 11.9 Å². The molecule has 0 aromatic heterocycles. The van der Waals surface area contributed by atoms with E-state index in [1.54, 1.807) is 0 Å². The topological polar surface area (TPSA) is 3.01 Å². The standard InChI is InChI=1S/C9H18NS/c1-8(2)6-9(3,4)10(7-8)11-5/h7H,6H2,1-5H3/q+1. The van der Waals surface area contributed by atoms with E-state index >= 15 is 0 Å². The van der Waals surface area contributed by atoms with Gasteiger partial charge in [-0.1, -0.05) is 13.8 Å². The lowest BCUT2D eigenvalue weighted by molar-refractivity contribution is -0.429. The second-order valence-corrected chi connectivity index (χ2v) is 5.37. The summed E-state index contributed by atoms with van der Waals surface area (Å²) in [5, 5.41) is 0. The summed E-state index contributed by atoms with van der Waals surface area (Å²) < 4.78 is 2.37. The van der Waals surface area contributed by atoms with Crippen LogP contribution in [0.2, 0.25) is 0 Å². The minimum atomic E-state index is 0.336. The highest BCUT2D eigenvalue weighted by atomic mass is 32.2. The zero-order valence-corrected chi connectivity index (χ0v) is 8.96. The molecule has 0 bridgehead atoms. The maximum Gasteiger partial charge on any atom is 0.171 e. The Morgan fingerprint density at radius 3 is 2.00 bits per heavy atom. The van der Waals surface area contributed by atoms with Gasteiger partial charge in [0.05, 0.1) is 0 Å². The SMILES string of the molecule is CS[N+]1=CC(C)(C)CC1(C)C. The molecule has 0 radical (unpaired) electrons. The predicted octanol–water partition coefficient (Wildman–Crippen LogP) is 2.56. The Morgan fingerprint density at radius 1 is 1.27 bits per heavy atom. The van der Waals surface area contributed by atoms with Crippen molar-refractivity contribution in [1.82, 2.24) is 0 Å². The zero-order valence-electron chi connectivity index (χ0n) is 8.14. The van der Waals surface area contributed by atoms with E-state index in [4.69, 9.17) is 0 Å². The first kappa shape index (κ1) is 9.11. The first-order valence-electron chi connectivity index (χ1n) is 4.07. The van der Waals surface area contributed by atoms with Crippen molar-refractivity contribution in [2.24, 2.45) is 5.41 Å². The Balaban J connectivity index is 2.89. The highest BCUT2D eigenvalue weighted by Gasteiger charge is 2.45. The zero-order chi connectivity index (χ0) is 8.70. The van der Waals surface area contributed by atoms with Gasteiger partial charge in [-0.05, 0) is 0 Å². The fraction of sp³-hybridized carbons (Fsp3) is 0.889. The van der Waals surface area contributed by atoms with E-state index in [-0.39, 0.29) is 0 Å². The average molecular weight is 172 g/mol. The molecule has 0 spiro atoms. The van der Waals surface area contributed by atoms with Gasteiger partial charge in [-0.2, -0.15) is 3.98 Å². The monoisotopic (exact) mass is 172 g/mol. The van der Waals surface area contributed by atoms with Gasteiger partial charge >= 0.3 is 0 Å². The van der Waals surface area contributed by atoms with Crippen molar-refractivity contribution in [3.8, 4) is 0 Å². The van der Waals surface area contributed by atoms with Crippen LogP contribution in [0.1, 0.15) is 34.1 Å². The second kappa shape index (κ2) is 2.51. The quantitative estimate of drug-likeness (QED) is 0.434. The molecule has 0 unspecified atom stereocenters. The van der Waals surface area contributed by atoms with Gasteiger partial charge in [-0.25, -0.2) is 0 Å². The fourth-order valence-corrected chi connectivity index (χ4v) is 2.98. The highest BCUT2D eigenvalue weighted by molar-refractivity contribution is 7.92. The van der Waals surface area contributed by atoms with E-state index < -0.39 is 0 Å². The number of nitrogens with zero attached hydrogens (tertiary/aromatic N) is 1. The van der Waals surface area contributed by atoms with Crippen molar-refractivity contribution in [2.75, 3.05) is 6.26 Å². The van der Waals surface area contributed by atoms with Crippen LogP contribution in [-0.2, 0) is 0 Å². The molecule has 11 heavy (non-hydrogen) atoms. The normalized spacial score (nSPS) is 26.8. The largest absolute Gasteiger partial charge is 0.171 e. The summed E-state index contributed by atoms with van der Waals surface area (Å²) in [4.78, 5) is 0. The van der Waals surface area contributed by atoms with Crippen LogP contribution in [0.5, 0.6) is 0 Å². The summed E-state index contributed by atoms with van der Waals surface area (Å²) in [6.45, 7) is 9.19. The minimum absolute atomic E-state index is 0.336. The molecule has 2 heteroatoms. The van der Waals surface area contributed by atoms with Crippen LogP contribution in [-0.4, -0.2) is 22.0 Å². The third-order valence-corrected chi connectivity index (χ3v) is 3.14. The second-order valence-electron chi connectivity index (χ2n) is 4.62. The van der Waals surface area contributed by atoms with E-state index in [1.807, 2.05) is 11.9 Å². The molecule has 1 rings (SSSR count). The first-order chi connectivity index (χ1) is 4.87. The Hall–Kier alpha value is 0.0200. The summed E-state index contributed by atoms with van der Waals surface area (Å²) in [5.74, 6) is 0. The van der Waals surface area contributed by atoms with Crippen LogP contribution in [0.15, 0.2) is 0 Å². The summed E-state index contributed by atoms with van der Waals surface area (Å²) in [6, 6.07) is 0. The van der Waals surface area contributed by atoms with Crippen LogP contribution in [0, 0.1) is 5.41 Å². The van der Waals surface area contributed by atoms with Crippen molar-refractivity contribution >= 4 is 18.2 Å². The highest BCUT2D eigenvalue weighted by Crippen LogP contribution is 2.36. The third kappa shape index (κ3) is 1.78. The maximum atomic E-state index is 2.37. The minimum Gasteiger partial charge on any atom is -0.165 e. The summed E-state index contributed by atoms with van der Waals surface area (Å²) in [7, 11) is 0. The molecule has 1 nitrogen and oxygen atoms in total. The van der Waals surface area contributed by atoms with E-state index in [9.17, 15) is 0 Å². The smallest absolute Gasteiger partial charge is 0.165 e. The summed E-state index contributed by atoms with van der Waals surface area (Å²) >= 11 is 1.82. The molecule has 0 amide bonds. The third-order valence-electron chi connectivity index (χ3n) is 2.15. The van der Waals surface area contributed by atoms with Crippen molar-refractivity contribution in [1.29, 1.82) is 0 Å². The number of rotatable bonds is 1. The van der Waals surface area contributed by atoms with Gasteiger partial charge in [-0.15, -0.1) is 0 Å². The molecule has 0 saturated heterocycles. The fourth-order valence-electron chi connectivity index (χ4n) is 2.03. The van der Waals surface area contributed by atoms with Crippen molar-refractivity contribution in [2.45, 2.75) is 39.7 Å². The lowest BCUT2D eigenvalue weighted by Gasteiger charge is -2.16. The van der Waals surface area contributed by atoms with Crippen molar-refractivity contribution in [3.05, 3.63) is 0 Å². The Morgan fingerprint density at radius 2 is 1.82 bits per heavy atom. The molecule has 0 atom stereocenters. The Kier molecular flexibility index (Phi) is 2.08. The number of hydrogen-bond donors (Lipinski definition) is 0. The molecule has 0 fully saturated rings. The van der Waals surface area contributed by atoms with Gasteiger partial charge in [0.15, 0.2) is 23.7 Å². The van der Waals surface area contributed by atoms with Gasteiger partial charge < -0.3 is 0 Å². The molecule has 0 saturated carbocycles. The lowest BCUT2D eigenvalue weighted by Crippen LogP contribution is -2.27.